The fourth-order valence-corrected chi connectivity index (χ4v) is 4.47. The first kappa shape index (κ1) is 41.6. The maximum Gasteiger partial charge on any atom is 0.460 e. The van der Waals surface area contributed by atoms with Gasteiger partial charge >= 0.3 is 35.8 Å². The van der Waals surface area contributed by atoms with Crippen molar-refractivity contribution in [3.8, 4) is 17.2 Å². The number of hydrogen-bond acceptors (Lipinski definition) is 6. The maximum absolute atomic E-state index is 14.9. The van der Waals surface area contributed by atoms with E-state index >= 15 is 0 Å². The van der Waals surface area contributed by atoms with Crippen molar-refractivity contribution in [1.82, 2.24) is 0 Å². The predicted octanol–water partition coefficient (Wildman–Crippen LogP) is 9.03. The highest BCUT2D eigenvalue weighted by Crippen LogP contribution is 2.62. The number of rotatable bonds is 13. The molecular formula is C33H28F13N3O3. The van der Waals surface area contributed by atoms with E-state index in [1.54, 1.807) is 38.1 Å². The van der Waals surface area contributed by atoms with Crippen molar-refractivity contribution in [3.63, 3.8) is 0 Å². The third kappa shape index (κ3) is 7.53. The number of alkyl halides is 13. The Morgan fingerprint density at radius 2 is 0.904 bits per heavy atom. The molecule has 0 saturated heterocycles. The Hall–Kier alpha value is -4.84. The summed E-state index contributed by atoms with van der Waals surface area (Å²) in [5, 5.41) is 30.9. The molecule has 0 spiro atoms. The first-order valence-corrected chi connectivity index (χ1v) is 14.6. The van der Waals surface area contributed by atoms with E-state index in [2.05, 4.69) is 15.0 Å². The van der Waals surface area contributed by atoms with Gasteiger partial charge in [0.2, 0.25) is 0 Å². The highest BCUT2D eigenvalue weighted by atomic mass is 19.4. The van der Waals surface area contributed by atoms with E-state index in [9.17, 15) is 72.4 Å². The summed E-state index contributed by atoms with van der Waals surface area (Å²) in [7, 11) is 0. The Labute approximate surface area is 286 Å². The molecule has 0 aliphatic heterocycles. The molecule has 3 aromatic carbocycles. The minimum absolute atomic E-state index is 0.0903. The Kier molecular flexibility index (Phi) is 11.4. The van der Waals surface area contributed by atoms with Crippen molar-refractivity contribution < 1.29 is 72.4 Å². The first-order valence-electron chi connectivity index (χ1n) is 14.6. The summed E-state index contributed by atoms with van der Waals surface area (Å²) < 4.78 is 178. The van der Waals surface area contributed by atoms with Crippen LogP contribution >= 0.6 is 0 Å². The molecule has 0 heterocycles. The molecule has 0 radical (unpaired) electrons. The van der Waals surface area contributed by atoms with Gasteiger partial charge in [0.1, 0.15) is 17.2 Å². The van der Waals surface area contributed by atoms with E-state index in [1.807, 2.05) is 0 Å². The van der Waals surface area contributed by atoms with Gasteiger partial charge in [-0.1, -0.05) is 30.3 Å². The van der Waals surface area contributed by atoms with Crippen LogP contribution in [0.4, 0.5) is 57.1 Å². The fraction of sp³-hybridized carbons (Fsp3) is 0.364. The Balaban J connectivity index is 2.01. The van der Waals surface area contributed by atoms with Crippen LogP contribution in [-0.2, 0) is 5.92 Å². The molecule has 0 aliphatic carbocycles. The maximum atomic E-state index is 14.9. The van der Waals surface area contributed by atoms with Gasteiger partial charge in [-0.25, -0.2) is 0 Å². The van der Waals surface area contributed by atoms with Crippen molar-refractivity contribution in [3.05, 3.63) is 88.0 Å². The second-order valence-electron chi connectivity index (χ2n) is 11.8. The van der Waals surface area contributed by atoms with Crippen LogP contribution in [0, 0.1) is 13.8 Å². The number of para-hydroxylation sites is 3. The number of aromatic hydroxyl groups is 3. The fourth-order valence-electron chi connectivity index (χ4n) is 4.47. The average Bonchev–Trinajstić information content (AvgIpc) is 3.03. The van der Waals surface area contributed by atoms with Gasteiger partial charge in [0.15, 0.2) is 0 Å². The molecule has 3 N–H and O–H groups in total. The average molecular weight is 762 g/mol. The number of aryl methyl sites for hydroxylation is 2. The lowest BCUT2D eigenvalue weighted by molar-refractivity contribution is -0.441. The molecule has 0 fully saturated rings. The van der Waals surface area contributed by atoms with Crippen LogP contribution in [0.2, 0.25) is 0 Å². The van der Waals surface area contributed by atoms with E-state index in [0.717, 1.165) is 0 Å². The second kappa shape index (κ2) is 14.3. The zero-order valence-corrected chi connectivity index (χ0v) is 26.9. The molecule has 19 heteroatoms. The second-order valence-corrected chi connectivity index (χ2v) is 11.8. The number of nitrogens with zero attached hydrogens (tertiary/aromatic N) is 3. The molecule has 0 unspecified atom stereocenters. The van der Waals surface area contributed by atoms with Gasteiger partial charge in [-0.15, -0.1) is 0 Å². The van der Waals surface area contributed by atoms with Crippen LogP contribution in [0.3, 0.4) is 0 Å². The number of benzene rings is 3. The van der Waals surface area contributed by atoms with Gasteiger partial charge in [-0.3, -0.25) is 15.0 Å². The minimum atomic E-state index is -8.10. The van der Waals surface area contributed by atoms with E-state index < -0.39 is 64.7 Å². The van der Waals surface area contributed by atoms with E-state index in [0.29, 0.717) is 35.0 Å². The molecule has 6 nitrogen and oxygen atoms in total. The third-order valence-corrected chi connectivity index (χ3v) is 7.72. The number of phenolic OH excluding ortho intramolecular Hbond substituents is 3. The molecule has 0 aliphatic rings. The van der Waals surface area contributed by atoms with Gasteiger partial charge in [0.25, 0.3) is 0 Å². The van der Waals surface area contributed by atoms with Crippen molar-refractivity contribution in [2.45, 2.75) is 62.1 Å². The molecule has 1 atom stereocenters. The summed E-state index contributed by atoms with van der Waals surface area (Å²) in [6, 6.07) is 10.4. The molecule has 52 heavy (non-hydrogen) atoms. The zero-order valence-electron chi connectivity index (χ0n) is 26.9. The largest absolute Gasteiger partial charge is 0.507 e. The highest BCUT2D eigenvalue weighted by Gasteiger charge is 2.91. The lowest BCUT2D eigenvalue weighted by atomic mass is 9.89. The van der Waals surface area contributed by atoms with E-state index in [-0.39, 0.29) is 29.7 Å². The van der Waals surface area contributed by atoms with Crippen LogP contribution in [0.25, 0.3) is 0 Å². The van der Waals surface area contributed by atoms with Crippen LogP contribution in [-0.4, -0.2) is 82.5 Å². The molecule has 284 valence electrons. The summed E-state index contributed by atoms with van der Waals surface area (Å²) in [5.41, 5.74) is -3.33. The Morgan fingerprint density at radius 1 is 0.519 bits per heavy atom. The SMILES string of the molecule is Cc1cccc(C=NC[C@](C)(CN=Cc2cccc(C(F)(F)C(F)(F)C(F)(F)C(F)(F)C(F)(F)C(F)(F)F)c2O)N=Cc2cccc(C)c2O)c1O. The summed E-state index contributed by atoms with van der Waals surface area (Å²) in [5.74, 6) is -40.6. The third-order valence-electron chi connectivity index (χ3n) is 7.72. The number of halogens is 13. The molecule has 0 saturated carbocycles. The molecular weight excluding hydrogens is 733 g/mol. The topological polar surface area (TPSA) is 97.8 Å². The molecule has 3 aromatic rings. The zero-order chi connectivity index (χ0) is 39.7. The van der Waals surface area contributed by atoms with Gasteiger partial charge in [0.05, 0.1) is 24.2 Å². The smallest absolute Gasteiger partial charge is 0.460 e. The summed E-state index contributed by atoms with van der Waals surface area (Å²) >= 11 is 0. The van der Waals surface area contributed by atoms with E-state index in [4.69, 9.17) is 0 Å². The lowest BCUT2D eigenvalue weighted by Gasteiger charge is -2.39. The van der Waals surface area contributed by atoms with Crippen LogP contribution in [0.15, 0.2) is 69.6 Å². The number of hydrogen-bond donors (Lipinski definition) is 3. The normalized spacial score (nSPS) is 15.2. The van der Waals surface area contributed by atoms with Crippen molar-refractivity contribution in [2.24, 2.45) is 15.0 Å². The molecule has 0 bridgehead atoms. The van der Waals surface area contributed by atoms with Crippen LogP contribution in [0.5, 0.6) is 17.2 Å². The molecule has 0 aromatic heterocycles. The molecule has 0 amide bonds. The van der Waals surface area contributed by atoms with Gasteiger partial charge < -0.3 is 15.3 Å². The number of aliphatic imine (C=N–C) groups is 3. The van der Waals surface area contributed by atoms with Crippen LogP contribution in [0.1, 0.15) is 40.3 Å². The van der Waals surface area contributed by atoms with Gasteiger partial charge in [-0.2, -0.15) is 57.1 Å². The van der Waals surface area contributed by atoms with Crippen molar-refractivity contribution in [1.29, 1.82) is 0 Å². The summed E-state index contributed by atoms with van der Waals surface area (Å²) in [6.45, 7) is 3.96. The Morgan fingerprint density at radius 3 is 1.35 bits per heavy atom. The number of phenols is 3. The quantitative estimate of drug-likeness (QED) is 0.120. The molecule has 3 rings (SSSR count). The van der Waals surface area contributed by atoms with Crippen molar-refractivity contribution in [2.75, 3.05) is 13.1 Å². The predicted molar refractivity (Wildman–Crippen MR) is 164 cm³/mol. The van der Waals surface area contributed by atoms with Crippen molar-refractivity contribution >= 4 is 18.6 Å². The first-order chi connectivity index (χ1) is 23.7. The van der Waals surface area contributed by atoms with Gasteiger partial charge in [-0.05, 0) is 56.2 Å². The monoisotopic (exact) mass is 761 g/mol. The van der Waals surface area contributed by atoms with Gasteiger partial charge in [0, 0.05) is 35.3 Å². The Bertz CT molecular complexity index is 1860. The summed E-state index contributed by atoms with van der Waals surface area (Å²) in [4.78, 5) is 12.5. The minimum Gasteiger partial charge on any atom is -0.507 e. The van der Waals surface area contributed by atoms with Crippen LogP contribution < -0.4 is 0 Å². The van der Waals surface area contributed by atoms with E-state index in [1.165, 1.54) is 31.5 Å². The lowest BCUT2D eigenvalue weighted by Crippen LogP contribution is -2.69. The standard InChI is InChI=1S/C33H28F13N3O3/c1-18-7-4-9-20(24(18)50)13-47-16-27(3,49-15-22-10-5-8-19(2)25(22)51)17-48-14-21-11-6-12-23(26(21)52)28(34,35)29(36,37)30(38,39)31(40,41)32(42,43)33(44,45)46/h4-15,50-52H,16-17H2,1-3H3/t27-/m1/s1. The summed E-state index contributed by atoms with van der Waals surface area (Å²) in [6.07, 6.45) is -4.50. The highest BCUT2D eigenvalue weighted by molar-refractivity contribution is 5.86.